The average molecular weight is 449 g/mol. The first-order chi connectivity index (χ1) is 14.8. The zero-order valence-electron chi connectivity index (χ0n) is 17.0. The maximum absolute atomic E-state index is 13.0. The zero-order valence-corrected chi connectivity index (χ0v) is 17.8. The van der Waals surface area contributed by atoms with Gasteiger partial charge in [-0.05, 0) is 51.1 Å². The van der Waals surface area contributed by atoms with Gasteiger partial charge in [-0.1, -0.05) is 18.6 Å². The average Bonchev–Trinajstić information content (AvgIpc) is 3.34. The summed E-state index contributed by atoms with van der Waals surface area (Å²) in [6.07, 6.45) is -0.792. The van der Waals surface area contributed by atoms with Crippen LogP contribution in [0.3, 0.4) is 0 Å². The molecule has 1 amide bonds. The number of thiazole rings is 1. The molecule has 3 aromatic rings. The van der Waals surface area contributed by atoms with Crippen LogP contribution in [0.4, 0.5) is 18.3 Å². The molecule has 1 saturated heterocycles. The molecule has 4 rings (SSSR count). The number of rotatable bonds is 5. The SMILES string of the molecule is Cc1oc(-c2cccc(C(F)(F)F)c2)cc1C(=O)Nc1nc(CN2CCCCC2)cs1. The number of halogens is 3. The lowest BCUT2D eigenvalue weighted by molar-refractivity contribution is -0.137. The normalized spacial score (nSPS) is 15.2. The van der Waals surface area contributed by atoms with Gasteiger partial charge in [0.2, 0.25) is 0 Å². The number of nitrogens with one attached hydrogen (secondary N) is 1. The number of hydrogen-bond donors (Lipinski definition) is 1. The number of carbonyl (C=O) groups excluding carboxylic acids is 1. The molecule has 2 aromatic heterocycles. The lowest BCUT2D eigenvalue weighted by Crippen LogP contribution is -2.29. The van der Waals surface area contributed by atoms with Gasteiger partial charge >= 0.3 is 6.18 Å². The van der Waals surface area contributed by atoms with Crippen molar-refractivity contribution in [3.05, 3.63) is 58.3 Å². The first-order valence-electron chi connectivity index (χ1n) is 10.1. The molecule has 1 fully saturated rings. The molecule has 0 unspecified atom stereocenters. The van der Waals surface area contributed by atoms with Gasteiger partial charge in [0.1, 0.15) is 11.5 Å². The Hall–Kier alpha value is -2.65. The second-order valence-electron chi connectivity index (χ2n) is 7.59. The number of alkyl halides is 3. The van der Waals surface area contributed by atoms with E-state index in [2.05, 4.69) is 15.2 Å². The minimum atomic E-state index is -4.45. The molecule has 0 saturated carbocycles. The van der Waals surface area contributed by atoms with Crippen LogP contribution in [0.1, 0.15) is 46.6 Å². The summed E-state index contributed by atoms with van der Waals surface area (Å²) in [5.74, 6) is 0.132. The van der Waals surface area contributed by atoms with E-state index in [-0.39, 0.29) is 16.9 Å². The maximum atomic E-state index is 13.0. The summed E-state index contributed by atoms with van der Waals surface area (Å²) < 4.78 is 44.5. The van der Waals surface area contributed by atoms with Crippen molar-refractivity contribution in [3.63, 3.8) is 0 Å². The van der Waals surface area contributed by atoms with E-state index in [9.17, 15) is 18.0 Å². The fraction of sp³-hybridized carbons (Fsp3) is 0.364. The van der Waals surface area contributed by atoms with E-state index in [1.54, 1.807) is 6.92 Å². The Kier molecular flexibility index (Phi) is 6.15. The number of furan rings is 1. The van der Waals surface area contributed by atoms with Crippen molar-refractivity contribution in [2.75, 3.05) is 18.4 Å². The number of anilines is 1. The highest BCUT2D eigenvalue weighted by Gasteiger charge is 2.31. The molecular formula is C22H22F3N3O2S. The van der Waals surface area contributed by atoms with Crippen molar-refractivity contribution in [1.82, 2.24) is 9.88 Å². The van der Waals surface area contributed by atoms with E-state index in [1.807, 2.05) is 5.38 Å². The van der Waals surface area contributed by atoms with Crippen LogP contribution in [-0.2, 0) is 12.7 Å². The molecule has 1 aliphatic rings. The third-order valence-electron chi connectivity index (χ3n) is 5.24. The highest BCUT2D eigenvalue weighted by Crippen LogP contribution is 2.33. The van der Waals surface area contributed by atoms with Crippen molar-refractivity contribution in [3.8, 4) is 11.3 Å². The Morgan fingerprint density at radius 2 is 2.00 bits per heavy atom. The van der Waals surface area contributed by atoms with E-state index in [0.29, 0.717) is 10.9 Å². The van der Waals surface area contributed by atoms with Crippen LogP contribution in [0.5, 0.6) is 0 Å². The Bertz CT molecular complexity index is 1070. The van der Waals surface area contributed by atoms with Gasteiger partial charge in [0.15, 0.2) is 5.13 Å². The Morgan fingerprint density at radius 3 is 2.74 bits per heavy atom. The topological polar surface area (TPSA) is 58.4 Å². The van der Waals surface area contributed by atoms with Crippen LogP contribution in [0.2, 0.25) is 0 Å². The molecule has 0 spiro atoms. The molecule has 0 radical (unpaired) electrons. The molecule has 5 nitrogen and oxygen atoms in total. The first kappa shape index (κ1) is 21.6. The van der Waals surface area contributed by atoms with Crippen LogP contribution in [0, 0.1) is 6.92 Å². The van der Waals surface area contributed by atoms with Gasteiger partial charge in [-0.15, -0.1) is 11.3 Å². The summed E-state index contributed by atoms with van der Waals surface area (Å²) in [6, 6.07) is 6.30. The lowest BCUT2D eigenvalue weighted by Gasteiger charge is -2.25. The Labute approximate surface area is 181 Å². The third-order valence-corrected chi connectivity index (χ3v) is 6.05. The van der Waals surface area contributed by atoms with Crippen molar-refractivity contribution < 1.29 is 22.4 Å². The zero-order chi connectivity index (χ0) is 22.0. The number of nitrogens with zero attached hydrogens (tertiary/aromatic N) is 2. The van der Waals surface area contributed by atoms with Crippen LogP contribution in [0.25, 0.3) is 11.3 Å². The molecule has 0 atom stereocenters. The summed E-state index contributed by atoms with van der Waals surface area (Å²) in [5, 5.41) is 5.18. The van der Waals surface area contributed by atoms with Crippen LogP contribution in [0.15, 0.2) is 40.1 Å². The van der Waals surface area contributed by atoms with E-state index < -0.39 is 17.6 Å². The Balaban J connectivity index is 1.46. The largest absolute Gasteiger partial charge is 0.461 e. The van der Waals surface area contributed by atoms with E-state index in [1.165, 1.54) is 48.8 Å². The lowest BCUT2D eigenvalue weighted by atomic mass is 10.1. The quantitative estimate of drug-likeness (QED) is 0.522. The fourth-order valence-electron chi connectivity index (χ4n) is 3.65. The van der Waals surface area contributed by atoms with Crippen molar-refractivity contribution in [2.45, 2.75) is 38.9 Å². The van der Waals surface area contributed by atoms with Crippen LogP contribution in [-0.4, -0.2) is 28.9 Å². The van der Waals surface area contributed by atoms with Gasteiger partial charge in [0.05, 0.1) is 16.8 Å². The molecule has 3 heterocycles. The number of aromatic nitrogens is 1. The van der Waals surface area contributed by atoms with Crippen molar-refractivity contribution in [2.24, 2.45) is 0 Å². The number of likely N-dealkylation sites (tertiary alicyclic amines) is 1. The highest BCUT2D eigenvalue weighted by molar-refractivity contribution is 7.14. The monoisotopic (exact) mass is 449 g/mol. The number of benzene rings is 1. The third kappa shape index (κ3) is 5.16. The van der Waals surface area contributed by atoms with Gasteiger partial charge in [-0.25, -0.2) is 4.98 Å². The summed E-state index contributed by atoms with van der Waals surface area (Å²) in [6.45, 7) is 4.49. The molecule has 9 heteroatoms. The molecule has 1 aromatic carbocycles. The van der Waals surface area contributed by atoms with E-state index in [4.69, 9.17) is 4.42 Å². The molecule has 0 bridgehead atoms. The molecule has 1 aliphatic heterocycles. The van der Waals surface area contributed by atoms with Gasteiger partial charge in [0, 0.05) is 17.5 Å². The predicted octanol–water partition coefficient (Wildman–Crippen LogP) is 5.97. The van der Waals surface area contributed by atoms with Crippen LogP contribution >= 0.6 is 11.3 Å². The summed E-state index contributed by atoms with van der Waals surface area (Å²) >= 11 is 1.35. The minimum Gasteiger partial charge on any atom is -0.461 e. The molecular weight excluding hydrogens is 427 g/mol. The number of aryl methyl sites for hydroxylation is 1. The highest BCUT2D eigenvalue weighted by atomic mass is 32.1. The second-order valence-corrected chi connectivity index (χ2v) is 8.45. The Morgan fingerprint density at radius 1 is 1.23 bits per heavy atom. The molecule has 0 aliphatic carbocycles. The number of carbonyl (C=O) groups is 1. The molecule has 1 N–H and O–H groups in total. The van der Waals surface area contributed by atoms with Crippen LogP contribution < -0.4 is 5.32 Å². The molecule has 31 heavy (non-hydrogen) atoms. The fourth-order valence-corrected chi connectivity index (χ4v) is 4.34. The van der Waals surface area contributed by atoms with Crippen molar-refractivity contribution in [1.29, 1.82) is 0 Å². The van der Waals surface area contributed by atoms with E-state index in [0.717, 1.165) is 37.5 Å². The van der Waals surface area contributed by atoms with Crippen molar-refractivity contribution >= 4 is 22.4 Å². The van der Waals surface area contributed by atoms with Gasteiger partial charge in [-0.2, -0.15) is 13.2 Å². The standard InChI is InChI=1S/C22H22F3N3O2S/c1-14-18(11-19(30-14)15-6-5-7-16(10-15)22(23,24)25)20(29)27-21-26-17(13-31-21)12-28-8-3-2-4-9-28/h5-7,10-11,13H,2-4,8-9,12H2,1H3,(H,26,27,29). The number of amides is 1. The molecule has 164 valence electrons. The maximum Gasteiger partial charge on any atom is 0.416 e. The summed E-state index contributed by atoms with van der Waals surface area (Å²) in [5.41, 5.74) is 0.667. The first-order valence-corrected chi connectivity index (χ1v) is 10.9. The van der Waals surface area contributed by atoms with Gasteiger partial charge in [-0.3, -0.25) is 15.0 Å². The summed E-state index contributed by atoms with van der Waals surface area (Å²) in [4.78, 5) is 19.6. The summed E-state index contributed by atoms with van der Waals surface area (Å²) in [7, 11) is 0. The smallest absolute Gasteiger partial charge is 0.416 e. The van der Waals surface area contributed by atoms with Gasteiger partial charge < -0.3 is 4.42 Å². The van der Waals surface area contributed by atoms with Gasteiger partial charge in [0.25, 0.3) is 5.91 Å². The predicted molar refractivity (Wildman–Crippen MR) is 113 cm³/mol. The second kappa shape index (κ2) is 8.84. The number of hydrogen-bond acceptors (Lipinski definition) is 5. The number of piperidine rings is 1. The minimum absolute atomic E-state index is 0.207. The van der Waals surface area contributed by atoms with E-state index >= 15 is 0 Å².